The van der Waals surface area contributed by atoms with Crippen LogP contribution in [0.4, 0.5) is 13.2 Å². The van der Waals surface area contributed by atoms with Crippen LogP contribution in [0.15, 0.2) is 59.1 Å². The van der Waals surface area contributed by atoms with E-state index in [1.54, 1.807) is 6.07 Å². The maximum Gasteiger partial charge on any atom is 0.490 e. The van der Waals surface area contributed by atoms with Crippen LogP contribution in [0, 0.1) is 23.4 Å². The lowest BCUT2D eigenvalue weighted by atomic mass is 10.00. The van der Waals surface area contributed by atoms with Gasteiger partial charge in [0.25, 0.3) is 0 Å². The largest absolute Gasteiger partial charge is 0.496 e. The summed E-state index contributed by atoms with van der Waals surface area (Å²) in [5.41, 5.74) is 0.324. The standard InChI is InChI=1S/C13H26O3Si.C12H18FO14P3.C12H15FO5.C7H6BrFO/c1-8-10-9(2)11(12(14)15-10)16-17(6,7)13(3,4)5;1-23-8-3-2-6(13)4-7(8)12-11(15)10(14)9(25-12)5-24-29(19,20)27-30(21,22)26-28(16,17)18;1-17-8-3-2-6(13)4-7(8)12-11(16)10(15)9(5-14)18-12;1-10-7-3-2-5(9)4-6(7)8/h9-11H,8H2,1-7H3;2-4,9-12,14-15H,5H2,1H3,(H,19,20)(H,21,22)(H2,16,17,18);2-4,9-12,14-16H,5H2,1H3;2-4H,1H3/t9-,10+,11?;2*9-,10+,11?,12+;/m011./s1. The second-order valence-electron chi connectivity index (χ2n) is 18.3. The molecular weight excluding hydrogens is 1150 g/mol. The van der Waals surface area contributed by atoms with E-state index in [2.05, 4.69) is 69.9 Å². The van der Waals surface area contributed by atoms with Gasteiger partial charge in [-0.2, -0.15) is 8.62 Å². The van der Waals surface area contributed by atoms with E-state index < -0.39 is 105 Å². The number of esters is 1. The number of halogens is 4. The van der Waals surface area contributed by atoms with Crippen molar-refractivity contribution >= 4 is 53.7 Å². The van der Waals surface area contributed by atoms with Crippen LogP contribution in [0.1, 0.15) is 64.4 Å². The predicted molar refractivity (Wildman–Crippen MR) is 264 cm³/mol. The Balaban J connectivity index is 0.000000283. The molecular formula is C44H65BrF3O23P3Si. The molecule has 0 saturated carbocycles. The number of phosphoric acid groups is 3. The molecule has 3 saturated heterocycles. The maximum atomic E-state index is 13.6. The number of aliphatic hydroxyl groups is 5. The highest BCUT2D eigenvalue weighted by Crippen LogP contribution is 2.66. The van der Waals surface area contributed by atoms with Gasteiger partial charge in [-0.05, 0) is 95.1 Å². The Morgan fingerprint density at radius 1 is 0.680 bits per heavy atom. The molecule has 0 amide bonds. The zero-order valence-electron chi connectivity index (χ0n) is 42.3. The Morgan fingerprint density at radius 2 is 1.12 bits per heavy atom. The molecule has 23 nitrogen and oxygen atoms in total. The van der Waals surface area contributed by atoms with Crippen LogP contribution < -0.4 is 14.2 Å². The Bertz CT molecular complexity index is 2510. The summed E-state index contributed by atoms with van der Waals surface area (Å²) in [5, 5.41) is 48.9. The van der Waals surface area contributed by atoms with Crippen molar-refractivity contribution in [2.45, 2.75) is 120 Å². The van der Waals surface area contributed by atoms with Crippen molar-refractivity contribution in [3.8, 4) is 17.2 Å². The number of carbonyl (C=O) groups excluding carboxylic acids is 1. The Morgan fingerprint density at radius 3 is 1.51 bits per heavy atom. The van der Waals surface area contributed by atoms with E-state index in [1.807, 2.05) is 6.92 Å². The van der Waals surface area contributed by atoms with Gasteiger partial charge in [-0.15, -0.1) is 0 Å². The zero-order valence-corrected chi connectivity index (χ0v) is 47.5. The Kier molecular flexibility index (Phi) is 24.6. The molecule has 75 heavy (non-hydrogen) atoms. The van der Waals surface area contributed by atoms with Gasteiger partial charge >= 0.3 is 29.4 Å². The van der Waals surface area contributed by atoms with Crippen molar-refractivity contribution in [2.75, 3.05) is 34.5 Å². The molecule has 0 spiro atoms. The summed E-state index contributed by atoms with van der Waals surface area (Å²) in [6.45, 7) is 13.6. The highest BCUT2D eigenvalue weighted by atomic mass is 79.9. The van der Waals surface area contributed by atoms with E-state index in [1.165, 1.54) is 57.7 Å². The van der Waals surface area contributed by atoms with Crippen LogP contribution in [0.2, 0.25) is 18.1 Å². The van der Waals surface area contributed by atoms with E-state index in [-0.39, 0.29) is 46.3 Å². The fourth-order valence-corrected chi connectivity index (χ4v) is 11.9. The molecule has 3 heterocycles. The van der Waals surface area contributed by atoms with Crippen molar-refractivity contribution < 1.29 is 123 Å². The molecule has 0 aromatic heterocycles. The third-order valence-corrected chi connectivity index (χ3v) is 20.9. The van der Waals surface area contributed by atoms with E-state index in [4.69, 9.17) is 52.6 Å². The number of cyclic esters (lactones) is 1. The van der Waals surface area contributed by atoms with Crippen molar-refractivity contribution in [1.29, 1.82) is 0 Å². The number of rotatable bonds is 16. The molecule has 13 atom stereocenters. The first-order chi connectivity index (χ1) is 34.6. The van der Waals surface area contributed by atoms with E-state index in [9.17, 15) is 57.0 Å². The fourth-order valence-electron chi connectivity index (χ4n) is 7.10. The molecule has 3 aliphatic heterocycles. The quantitative estimate of drug-likeness (QED) is 0.0433. The molecule has 5 unspecified atom stereocenters. The summed E-state index contributed by atoms with van der Waals surface area (Å²) in [6, 6.07) is 11.4. The smallest absolute Gasteiger partial charge is 0.490 e. The van der Waals surface area contributed by atoms with E-state index >= 15 is 0 Å². The highest BCUT2D eigenvalue weighted by Gasteiger charge is 2.49. The SMILES string of the molecule is CC[C@H]1OC(=O)C(O[Si](C)(C)C(C)(C)C)[C@H]1C.COc1ccc(F)cc1Br.COc1ccc(F)cc1[C@@H]1O[C@H](CO)[C@H](O)C1O.COc1ccc(F)cc1[C@@H]1O[C@H](COP(=O)(O)OP(=O)(O)OP(=O)(O)O)[C@H](O)C1O. The van der Waals surface area contributed by atoms with Crippen molar-refractivity contribution in [3.63, 3.8) is 0 Å². The molecule has 426 valence electrons. The molecule has 6 rings (SSSR count). The second-order valence-corrected chi connectivity index (χ2v) is 28.3. The van der Waals surface area contributed by atoms with Gasteiger partial charge in [0.1, 0.15) is 95.7 Å². The van der Waals surface area contributed by atoms with E-state index in [0.29, 0.717) is 21.5 Å². The molecule has 3 aromatic rings. The zero-order chi connectivity index (χ0) is 57.2. The Labute approximate surface area is 440 Å². The number of hydrogen-bond acceptors (Lipinski definition) is 19. The van der Waals surface area contributed by atoms with Gasteiger partial charge in [0.05, 0.1) is 39.0 Å². The number of benzene rings is 3. The predicted octanol–water partition coefficient (Wildman–Crippen LogP) is 6.27. The number of aliphatic hydroxyl groups excluding tert-OH is 5. The topological polar surface area (TPSA) is 343 Å². The minimum absolute atomic E-state index is 0.0184. The van der Waals surface area contributed by atoms with Gasteiger partial charge in [0, 0.05) is 17.0 Å². The lowest BCUT2D eigenvalue weighted by molar-refractivity contribution is -0.146. The molecule has 9 N–H and O–H groups in total. The number of methoxy groups -OCH3 is 3. The lowest BCUT2D eigenvalue weighted by Crippen LogP contribution is -2.46. The monoisotopic (exact) mass is 1220 g/mol. The first-order valence-corrected chi connectivity index (χ1v) is 30.7. The number of carbonyl (C=O) groups is 1. The molecule has 3 fully saturated rings. The number of ether oxygens (including phenoxy) is 6. The molecule has 0 aliphatic carbocycles. The summed E-state index contributed by atoms with van der Waals surface area (Å²) in [4.78, 5) is 47.3. The third kappa shape index (κ3) is 18.9. The van der Waals surface area contributed by atoms with Gasteiger partial charge in [0.15, 0.2) is 8.32 Å². The molecule has 0 bridgehead atoms. The van der Waals surface area contributed by atoms with Gasteiger partial charge in [-0.3, -0.25) is 4.52 Å². The minimum Gasteiger partial charge on any atom is -0.496 e. The van der Waals surface area contributed by atoms with Crippen molar-refractivity contribution in [3.05, 3.63) is 87.6 Å². The average Bonchev–Trinajstić information content (AvgIpc) is 3.87. The summed E-state index contributed by atoms with van der Waals surface area (Å²) < 4.78 is 122. The van der Waals surface area contributed by atoms with Crippen LogP contribution in [0.3, 0.4) is 0 Å². The number of hydrogen-bond donors (Lipinski definition) is 9. The third-order valence-electron chi connectivity index (χ3n) is 12.0. The maximum absolute atomic E-state index is 13.6. The lowest BCUT2D eigenvalue weighted by Gasteiger charge is -2.38. The van der Waals surface area contributed by atoms with Crippen LogP contribution in [0.25, 0.3) is 0 Å². The molecule has 3 aromatic carbocycles. The van der Waals surface area contributed by atoms with Crippen LogP contribution in [-0.4, -0.2) is 143 Å². The summed E-state index contributed by atoms with van der Waals surface area (Å²) in [6.07, 6.45) is -9.93. The number of phosphoric ester groups is 1. The molecule has 31 heteroatoms. The Hall–Kier alpha value is -2.89. The fraction of sp³-hybridized carbons (Fsp3) is 0.568. The van der Waals surface area contributed by atoms with Crippen LogP contribution >= 0.6 is 39.4 Å². The van der Waals surface area contributed by atoms with Gasteiger partial charge in [-0.25, -0.2) is 31.7 Å². The van der Waals surface area contributed by atoms with Crippen LogP contribution in [-0.2, 0) is 50.3 Å². The molecule has 0 radical (unpaired) electrons. The first-order valence-electron chi connectivity index (χ1n) is 22.5. The van der Waals surface area contributed by atoms with Crippen molar-refractivity contribution in [2.24, 2.45) is 5.92 Å². The summed E-state index contributed by atoms with van der Waals surface area (Å²) in [5.74, 6) is -0.367. The normalized spacial score (nSPS) is 27.2. The van der Waals surface area contributed by atoms with Gasteiger partial charge < -0.3 is 78.0 Å². The van der Waals surface area contributed by atoms with Gasteiger partial charge in [0.2, 0.25) is 0 Å². The summed E-state index contributed by atoms with van der Waals surface area (Å²) >= 11 is 3.14. The first kappa shape index (κ1) is 66.4. The molecule has 3 aliphatic rings. The second kappa shape index (κ2) is 27.8. The van der Waals surface area contributed by atoms with Gasteiger partial charge in [-0.1, -0.05) is 34.6 Å². The van der Waals surface area contributed by atoms with Crippen molar-refractivity contribution in [1.82, 2.24) is 0 Å². The van der Waals surface area contributed by atoms with Crippen LogP contribution in [0.5, 0.6) is 17.2 Å². The van der Waals surface area contributed by atoms with E-state index in [0.717, 1.165) is 18.6 Å². The summed E-state index contributed by atoms with van der Waals surface area (Å²) in [7, 11) is -14.4. The highest BCUT2D eigenvalue weighted by molar-refractivity contribution is 9.10. The minimum atomic E-state index is -5.71. The average molecular weight is 1220 g/mol.